The number of pyridine rings is 2. The first-order chi connectivity index (χ1) is 26.1. The van der Waals surface area contributed by atoms with Gasteiger partial charge in [-0.2, -0.15) is 26.0 Å². The van der Waals surface area contributed by atoms with Gasteiger partial charge in [-0.15, -0.1) is 0 Å². The molecule has 7 aromatic rings. The number of benzene rings is 3. The number of nitrogens with two attached hydrogens (primary N) is 1. The maximum atomic E-state index is 10.8. The first-order valence-corrected chi connectivity index (χ1v) is 16.7. The molecule has 2 N–H and O–H groups in total. The highest BCUT2D eigenvalue weighted by Crippen LogP contribution is 2.40. The Morgan fingerprint density at radius 2 is 1.42 bits per heavy atom. The standard InChI is InChI=1S/C41H31N11O/c42-19-1-2-22-53-37-17-7-29(8-18-37)28-50(33-13-15-34(16-14-33)51-36(24-43)23-38(48-51)30-5-3-20-46-26-30)41-39(25-44)52(35-11-9-32(45)10-12-35)49-40(41)31-6-4-21-47-27-31/h3-18,20-21,23,26-27H,1-2,22,28,45H2. The van der Waals surface area contributed by atoms with Crippen molar-refractivity contribution in [3.8, 4) is 57.8 Å². The van der Waals surface area contributed by atoms with Crippen LogP contribution in [0.4, 0.5) is 17.1 Å². The molecule has 0 atom stereocenters. The van der Waals surface area contributed by atoms with Crippen molar-refractivity contribution in [2.24, 2.45) is 0 Å². The zero-order valence-electron chi connectivity index (χ0n) is 28.4. The van der Waals surface area contributed by atoms with Crippen LogP contribution in [0.15, 0.2) is 128 Å². The van der Waals surface area contributed by atoms with E-state index in [0.717, 1.165) is 22.4 Å². The summed E-state index contributed by atoms with van der Waals surface area (Å²) in [6.07, 6.45) is 7.89. The fourth-order valence-corrected chi connectivity index (χ4v) is 5.87. The van der Waals surface area contributed by atoms with Crippen molar-refractivity contribution in [3.05, 3.63) is 145 Å². The summed E-state index contributed by atoms with van der Waals surface area (Å²) in [6.45, 7) is 0.809. The van der Waals surface area contributed by atoms with E-state index in [1.54, 1.807) is 52.4 Å². The van der Waals surface area contributed by atoms with Crippen molar-refractivity contribution in [3.63, 3.8) is 0 Å². The Morgan fingerprint density at radius 3 is 2.06 bits per heavy atom. The van der Waals surface area contributed by atoms with E-state index in [4.69, 9.17) is 25.9 Å². The Labute approximate surface area is 305 Å². The second-order valence-corrected chi connectivity index (χ2v) is 11.9. The number of hydrogen-bond donors (Lipinski definition) is 1. The van der Waals surface area contributed by atoms with Crippen LogP contribution in [0.5, 0.6) is 5.75 Å². The summed E-state index contributed by atoms with van der Waals surface area (Å²) in [7, 11) is 0. The van der Waals surface area contributed by atoms with Crippen LogP contribution in [0.25, 0.3) is 33.9 Å². The number of aromatic nitrogens is 6. The molecule has 0 fully saturated rings. The van der Waals surface area contributed by atoms with Crippen molar-refractivity contribution in [2.45, 2.75) is 19.4 Å². The van der Waals surface area contributed by atoms with E-state index >= 15 is 0 Å². The molecular formula is C41H31N11O. The SMILES string of the molecule is N#CCCCOc1ccc(CN(c2ccc(-n3nc(-c4cccnc4)cc3C#N)cc2)c2c(-c3cccnc3)nn(-c3ccc(N)cc3)c2C#N)cc1. The fraction of sp³-hybridized carbons (Fsp3) is 0.0976. The van der Waals surface area contributed by atoms with Crippen molar-refractivity contribution in [1.82, 2.24) is 29.5 Å². The minimum Gasteiger partial charge on any atom is -0.494 e. The molecule has 256 valence electrons. The van der Waals surface area contributed by atoms with Gasteiger partial charge in [0.1, 0.15) is 35.0 Å². The van der Waals surface area contributed by atoms with Crippen LogP contribution in [0.3, 0.4) is 0 Å². The zero-order chi connectivity index (χ0) is 36.6. The summed E-state index contributed by atoms with van der Waals surface area (Å²) >= 11 is 0. The van der Waals surface area contributed by atoms with Gasteiger partial charge in [0.15, 0.2) is 5.69 Å². The highest BCUT2D eigenvalue weighted by molar-refractivity contribution is 5.84. The molecule has 0 saturated heterocycles. The Morgan fingerprint density at radius 1 is 0.736 bits per heavy atom. The van der Waals surface area contributed by atoms with E-state index in [-0.39, 0.29) is 0 Å². The lowest BCUT2D eigenvalue weighted by molar-refractivity contribution is 0.312. The maximum absolute atomic E-state index is 10.8. The van der Waals surface area contributed by atoms with Gasteiger partial charge in [-0.1, -0.05) is 12.1 Å². The van der Waals surface area contributed by atoms with Gasteiger partial charge in [0.05, 0.1) is 29.7 Å². The second-order valence-electron chi connectivity index (χ2n) is 11.9. The Balaban J connectivity index is 1.34. The highest BCUT2D eigenvalue weighted by Gasteiger charge is 2.27. The third kappa shape index (κ3) is 7.27. The molecular weight excluding hydrogens is 663 g/mol. The number of anilines is 3. The predicted octanol–water partition coefficient (Wildman–Crippen LogP) is 7.53. The van der Waals surface area contributed by atoms with E-state index in [1.807, 2.05) is 89.8 Å². The minimum absolute atomic E-state index is 0.315. The van der Waals surface area contributed by atoms with Crippen molar-refractivity contribution < 1.29 is 4.74 Å². The summed E-state index contributed by atoms with van der Waals surface area (Å²) in [4.78, 5) is 10.6. The van der Waals surface area contributed by atoms with Gasteiger partial charge in [0.25, 0.3) is 0 Å². The number of unbranched alkanes of at least 4 members (excludes halogenated alkanes) is 1. The summed E-state index contributed by atoms with van der Waals surface area (Å²) in [5.74, 6) is 0.700. The van der Waals surface area contributed by atoms with E-state index in [2.05, 4.69) is 28.2 Å². The van der Waals surface area contributed by atoms with Gasteiger partial charge in [0.2, 0.25) is 0 Å². The van der Waals surface area contributed by atoms with E-state index < -0.39 is 0 Å². The van der Waals surface area contributed by atoms with E-state index in [9.17, 15) is 10.5 Å². The molecule has 0 saturated carbocycles. The smallest absolute Gasteiger partial charge is 0.168 e. The molecule has 0 aliphatic rings. The topological polar surface area (TPSA) is 171 Å². The Kier molecular flexibility index (Phi) is 9.82. The largest absolute Gasteiger partial charge is 0.494 e. The average molecular weight is 694 g/mol. The van der Waals surface area contributed by atoms with Crippen LogP contribution in [0.2, 0.25) is 0 Å². The van der Waals surface area contributed by atoms with Crippen LogP contribution in [0, 0.1) is 34.0 Å². The molecule has 7 rings (SSSR count). The quantitative estimate of drug-likeness (QED) is 0.0996. The molecule has 0 bridgehead atoms. The molecule has 0 aliphatic carbocycles. The third-order valence-electron chi connectivity index (χ3n) is 8.46. The number of nitriles is 3. The molecule has 0 unspecified atom stereocenters. The molecule has 53 heavy (non-hydrogen) atoms. The number of ether oxygens (including phenoxy) is 1. The summed E-state index contributed by atoms with van der Waals surface area (Å²) in [6, 6.07) is 38.6. The second kappa shape index (κ2) is 15.4. The first-order valence-electron chi connectivity index (χ1n) is 16.7. The van der Waals surface area contributed by atoms with Gasteiger partial charge in [0, 0.05) is 66.3 Å². The van der Waals surface area contributed by atoms with Gasteiger partial charge in [-0.05, 0) is 96.9 Å². The van der Waals surface area contributed by atoms with Crippen molar-refractivity contribution in [2.75, 3.05) is 17.2 Å². The zero-order valence-corrected chi connectivity index (χ0v) is 28.4. The molecule has 0 aliphatic heterocycles. The third-order valence-corrected chi connectivity index (χ3v) is 8.46. The van der Waals surface area contributed by atoms with Gasteiger partial charge >= 0.3 is 0 Å². The normalized spacial score (nSPS) is 10.6. The minimum atomic E-state index is 0.315. The van der Waals surface area contributed by atoms with Gasteiger partial charge < -0.3 is 15.4 Å². The van der Waals surface area contributed by atoms with E-state index in [0.29, 0.717) is 77.3 Å². The molecule has 3 aromatic carbocycles. The van der Waals surface area contributed by atoms with Crippen LogP contribution < -0.4 is 15.4 Å². The number of nitrogens with zero attached hydrogens (tertiary/aromatic N) is 10. The number of nitrogen functional groups attached to an aromatic ring is 1. The number of hydrogen-bond acceptors (Lipinski definition) is 10. The summed E-state index contributed by atoms with van der Waals surface area (Å²) in [5.41, 5.74) is 13.7. The highest BCUT2D eigenvalue weighted by atomic mass is 16.5. The van der Waals surface area contributed by atoms with Crippen LogP contribution in [0.1, 0.15) is 29.8 Å². The molecule has 4 aromatic heterocycles. The maximum Gasteiger partial charge on any atom is 0.168 e. The lowest BCUT2D eigenvalue weighted by Gasteiger charge is -2.26. The van der Waals surface area contributed by atoms with Gasteiger partial charge in [-0.25, -0.2) is 9.36 Å². The average Bonchev–Trinajstić information content (AvgIpc) is 3.83. The van der Waals surface area contributed by atoms with Crippen LogP contribution in [-0.4, -0.2) is 36.1 Å². The van der Waals surface area contributed by atoms with Gasteiger partial charge in [-0.3, -0.25) is 9.97 Å². The lowest BCUT2D eigenvalue weighted by atomic mass is 10.1. The molecule has 4 heterocycles. The summed E-state index contributed by atoms with van der Waals surface area (Å²) in [5, 5.41) is 39.3. The number of rotatable bonds is 12. The first kappa shape index (κ1) is 33.7. The monoisotopic (exact) mass is 693 g/mol. The molecule has 0 spiro atoms. The van der Waals surface area contributed by atoms with Crippen molar-refractivity contribution >= 4 is 17.1 Å². The molecule has 0 radical (unpaired) electrons. The Hall–Kier alpha value is -7.75. The summed E-state index contributed by atoms with van der Waals surface area (Å²) < 4.78 is 9.07. The lowest BCUT2D eigenvalue weighted by Crippen LogP contribution is -2.18. The van der Waals surface area contributed by atoms with Crippen molar-refractivity contribution in [1.29, 1.82) is 15.8 Å². The molecule has 12 nitrogen and oxygen atoms in total. The van der Waals surface area contributed by atoms with Crippen LogP contribution >= 0.6 is 0 Å². The fourth-order valence-electron chi connectivity index (χ4n) is 5.87. The van der Waals surface area contributed by atoms with E-state index in [1.165, 1.54) is 0 Å². The Bertz CT molecular complexity index is 2450. The molecule has 12 heteroatoms. The molecule has 0 amide bonds. The van der Waals surface area contributed by atoms with Crippen LogP contribution in [-0.2, 0) is 6.54 Å². The predicted molar refractivity (Wildman–Crippen MR) is 200 cm³/mol.